The smallest absolute Gasteiger partial charge is 0.324 e. The number of amides is 4. The van der Waals surface area contributed by atoms with E-state index in [9.17, 15) is 14.4 Å². The van der Waals surface area contributed by atoms with Gasteiger partial charge in [0.15, 0.2) is 0 Å². The molecule has 3 rings (SSSR count). The van der Waals surface area contributed by atoms with Crippen molar-refractivity contribution in [3.05, 3.63) is 35.4 Å². The van der Waals surface area contributed by atoms with Gasteiger partial charge in [-0.1, -0.05) is 29.8 Å². The zero-order valence-electron chi connectivity index (χ0n) is 14.0. The van der Waals surface area contributed by atoms with Crippen molar-refractivity contribution in [1.29, 1.82) is 0 Å². The summed E-state index contributed by atoms with van der Waals surface area (Å²) < 4.78 is 0. The van der Waals surface area contributed by atoms with Crippen LogP contribution in [0.15, 0.2) is 24.3 Å². The molecule has 1 aromatic carbocycles. The lowest BCUT2D eigenvalue weighted by Crippen LogP contribution is -2.34. The van der Waals surface area contributed by atoms with Gasteiger partial charge in [-0.05, 0) is 31.7 Å². The lowest BCUT2D eigenvalue weighted by Gasteiger charge is -2.25. The molecular weight excluding hydrogens is 306 g/mol. The minimum absolute atomic E-state index is 0.0638. The molecule has 0 saturated carbocycles. The second kappa shape index (κ2) is 7.03. The number of rotatable bonds is 5. The van der Waals surface area contributed by atoms with Gasteiger partial charge in [-0.25, -0.2) is 4.79 Å². The molecule has 6 nitrogen and oxygen atoms in total. The van der Waals surface area contributed by atoms with Crippen LogP contribution in [-0.4, -0.2) is 47.3 Å². The van der Waals surface area contributed by atoms with Gasteiger partial charge in [0.25, 0.3) is 0 Å². The number of benzene rings is 1. The molecule has 0 aliphatic carbocycles. The Morgan fingerprint density at radius 1 is 1.33 bits per heavy atom. The lowest BCUT2D eigenvalue weighted by atomic mass is 10.0. The van der Waals surface area contributed by atoms with Crippen molar-refractivity contribution in [2.24, 2.45) is 0 Å². The molecule has 1 atom stereocenters. The molecule has 1 N–H and O–H groups in total. The summed E-state index contributed by atoms with van der Waals surface area (Å²) in [7, 11) is 0. The molecule has 4 amide bonds. The Labute approximate surface area is 141 Å². The van der Waals surface area contributed by atoms with Crippen LogP contribution in [0.2, 0.25) is 0 Å². The maximum atomic E-state index is 12.6. The summed E-state index contributed by atoms with van der Waals surface area (Å²) in [6, 6.07) is 8.10. The predicted molar refractivity (Wildman–Crippen MR) is 89.2 cm³/mol. The number of carbonyl (C=O) groups is 3. The lowest BCUT2D eigenvalue weighted by molar-refractivity contribution is -0.133. The van der Waals surface area contributed by atoms with E-state index in [1.807, 2.05) is 11.0 Å². The molecule has 2 fully saturated rings. The molecule has 2 aliphatic heterocycles. The van der Waals surface area contributed by atoms with E-state index in [1.54, 1.807) is 0 Å². The standard InChI is InChI=1S/C18H23N3O3/c1-13-5-2-6-14(11-13)15-7-3-9-20(15)16(22)8-4-10-21-17(23)12-19-18(21)24/h2,5-6,11,15H,3-4,7-10,12H2,1H3,(H,19,24). The first-order valence-corrected chi connectivity index (χ1v) is 8.50. The van der Waals surface area contributed by atoms with Crippen LogP contribution in [0.1, 0.15) is 42.9 Å². The van der Waals surface area contributed by atoms with E-state index in [2.05, 4.69) is 30.4 Å². The van der Waals surface area contributed by atoms with Crippen LogP contribution in [0.25, 0.3) is 0 Å². The van der Waals surface area contributed by atoms with Gasteiger partial charge in [0, 0.05) is 19.5 Å². The third-order valence-electron chi connectivity index (χ3n) is 4.71. The maximum Gasteiger partial charge on any atom is 0.324 e. The van der Waals surface area contributed by atoms with Crippen molar-refractivity contribution in [2.75, 3.05) is 19.6 Å². The Bertz CT molecular complexity index is 643. The molecule has 0 bridgehead atoms. The molecule has 6 heteroatoms. The van der Waals surface area contributed by atoms with Gasteiger partial charge < -0.3 is 10.2 Å². The Hall–Kier alpha value is -2.37. The zero-order chi connectivity index (χ0) is 17.1. The molecule has 1 unspecified atom stereocenters. The quantitative estimate of drug-likeness (QED) is 0.840. The Balaban J connectivity index is 1.56. The van der Waals surface area contributed by atoms with Crippen LogP contribution in [0, 0.1) is 6.92 Å². The maximum absolute atomic E-state index is 12.6. The summed E-state index contributed by atoms with van der Waals surface area (Å²) in [4.78, 5) is 38.7. The number of hydrogen-bond acceptors (Lipinski definition) is 3. The fourth-order valence-electron chi connectivity index (χ4n) is 3.50. The van der Waals surface area contributed by atoms with E-state index >= 15 is 0 Å². The number of nitrogens with zero attached hydrogens (tertiary/aromatic N) is 2. The highest BCUT2D eigenvalue weighted by atomic mass is 16.2. The van der Waals surface area contributed by atoms with Gasteiger partial charge in [-0.2, -0.15) is 0 Å². The average Bonchev–Trinajstić information content (AvgIpc) is 3.16. The fraction of sp³-hybridized carbons (Fsp3) is 0.500. The third kappa shape index (κ3) is 3.42. The van der Waals surface area contributed by atoms with Crippen molar-refractivity contribution in [2.45, 2.75) is 38.6 Å². The van der Waals surface area contributed by atoms with Crippen molar-refractivity contribution in [3.8, 4) is 0 Å². The summed E-state index contributed by atoms with van der Waals surface area (Å²) in [6.45, 7) is 3.21. The summed E-state index contributed by atoms with van der Waals surface area (Å²) in [5, 5.41) is 2.49. The van der Waals surface area contributed by atoms with E-state index in [-0.39, 0.29) is 30.4 Å². The van der Waals surface area contributed by atoms with Gasteiger partial charge in [0.2, 0.25) is 11.8 Å². The second-order valence-corrected chi connectivity index (χ2v) is 6.47. The molecule has 1 aromatic rings. The van der Waals surface area contributed by atoms with Gasteiger partial charge in [0.05, 0.1) is 12.6 Å². The minimum Gasteiger partial charge on any atom is -0.336 e. The molecular formula is C18H23N3O3. The van der Waals surface area contributed by atoms with Gasteiger partial charge in [-0.15, -0.1) is 0 Å². The van der Waals surface area contributed by atoms with Crippen LogP contribution < -0.4 is 5.32 Å². The van der Waals surface area contributed by atoms with Crippen molar-refractivity contribution in [1.82, 2.24) is 15.1 Å². The molecule has 24 heavy (non-hydrogen) atoms. The molecule has 2 heterocycles. The number of imide groups is 1. The van der Waals surface area contributed by atoms with Gasteiger partial charge >= 0.3 is 6.03 Å². The molecule has 0 aromatic heterocycles. The Kier molecular flexibility index (Phi) is 4.83. The van der Waals surface area contributed by atoms with Crippen molar-refractivity contribution in [3.63, 3.8) is 0 Å². The van der Waals surface area contributed by atoms with E-state index in [4.69, 9.17) is 0 Å². The van der Waals surface area contributed by atoms with E-state index in [1.165, 1.54) is 16.0 Å². The first-order chi connectivity index (χ1) is 11.6. The average molecular weight is 329 g/mol. The first kappa shape index (κ1) is 16.5. The number of carbonyl (C=O) groups excluding carboxylic acids is 3. The van der Waals surface area contributed by atoms with Crippen molar-refractivity contribution < 1.29 is 14.4 Å². The molecule has 2 aliphatic rings. The topological polar surface area (TPSA) is 69.7 Å². The summed E-state index contributed by atoms with van der Waals surface area (Å²) >= 11 is 0. The molecule has 2 saturated heterocycles. The summed E-state index contributed by atoms with van der Waals surface area (Å²) in [6.07, 6.45) is 2.87. The fourth-order valence-corrected chi connectivity index (χ4v) is 3.50. The predicted octanol–water partition coefficient (Wildman–Crippen LogP) is 1.99. The molecule has 0 spiro atoms. The van der Waals surface area contributed by atoms with E-state index in [0.29, 0.717) is 19.4 Å². The highest BCUT2D eigenvalue weighted by Crippen LogP contribution is 2.32. The summed E-state index contributed by atoms with van der Waals surface area (Å²) in [5.41, 5.74) is 2.39. The second-order valence-electron chi connectivity index (χ2n) is 6.47. The van der Waals surface area contributed by atoms with E-state index in [0.717, 1.165) is 19.4 Å². The Morgan fingerprint density at radius 2 is 2.17 bits per heavy atom. The highest BCUT2D eigenvalue weighted by Gasteiger charge is 2.31. The van der Waals surface area contributed by atoms with Crippen LogP contribution in [0.4, 0.5) is 4.79 Å². The van der Waals surface area contributed by atoms with Gasteiger partial charge in [0.1, 0.15) is 0 Å². The monoisotopic (exact) mass is 329 g/mol. The summed E-state index contributed by atoms with van der Waals surface area (Å²) in [5.74, 6) is -0.114. The zero-order valence-corrected chi connectivity index (χ0v) is 14.0. The Morgan fingerprint density at radius 3 is 2.88 bits per heavy atom. The molecule has 0 radical (unpaired) electrons. The third-order valence-corrected chi connectivity index (χ3v) is 4.71. The van der Waals surface area contributed by atoms with Gasteiger partial charge in [-0.3, -0.25) is 14.5 Å². The number of hydrogen-bond donors (Lipinski definition) is 1. The van der Waals surface area contributed by atoms with Crippen molar-refractivity contribution >= 4 is 17.8 Å². The minimum atomic E-state index is -0.355. The highest BCUT2D eigenvalue weighted by molar-refractivity contribution is 6.01. The first-order valence-electron chi connectivity index (χ1n) is 8.50. The van der Waals surface area contributed by atoms with Crippen LogP contribution >= 0.6 is 0 Å². The number of urea groups is 1. The number of likely N-dealkylation sites (tertiary alicyclic amines) is 1. The number of nitrogens with one attached hydrogen (secondary N) is 1. The SMILES string of the molecule is Cc1cccc(C2CCCN2C(=O)CCCN2C(=O)CNC2=O)c1. The largest absolute Gasteiger partial charge is 0.336 e. The number of aryl methyl sites for hydroxylation is 1. The van der Waals surface area contributed by atoms with Crippen LogP contribution in [-0.2, 0) is 9.59 Å². The van der Waals surface area contributed by atoms with Crippen LogP contribution in [0.3, 0.4) is 0 Å². The van der Waals surface area contributed by atoms with Crippen LogP contribution in [0.5, 0.6) is 0 Å². The molecule has 128 valence electrons. The van der Waals surface area contributed by atoms with E-state index < -0.39 is 0 Å². The normalized spacial score (nSPS) is 20.6.